The number of benzene rings is 1. The standard InChI is InChI=1S/C10H10N4O2S/c1-11-10-13-12-9(17-10)6-7-4-2-3-5-8(7)14(15)16/h2-5H,6H2,1H3,(H,11,13). The molecule has 1 aromatic heterocycles. The van der Waals surface area contributed by atoms with Crippen LogP contribution in [0.2, 0.25) is 0 Å². The zero-order valence-electron chi connectivity index (χ0n) is 9.08. The molecule has 6 nitrogen and oxygen atoms in total. The maximum Gasteiger partial charge on any atom is 0.273 e. The number of hydrogen-bond donors (Lipinski definition) is 1. The normalized spacial score (nSPS) is 10.2. The lowest BCUT2D eigenvalue weighted by molar-refractivity contribution is -0.385. The Labute approximate surface area is 101 Å². The van der Waals surface area contributed by atoms with Gasteiger partial charge in [-0.3, -0.25) is 10.1 Å². The smallest absolute Gasteiger partial charge is 0.273 e. The summed E-state index contributed by atoms with van der Waals surface area (Å²) >= 11 is 1.39. The second-order valence-electron chi connectivity index (χ2n) is 3.31. The number of anilines is 1. The van der Waals surface area contributed by atoms with E-state index >= 15 is 0 Å². The van der Waals surface area contributed by atoms with Crippen molar-refractivity contribution in [1.82, 2.24) is 10.2 Å². The fraction of sp³-hybridized carbons (Fsp3) is 0.200. The predicted octanol–water partition coefficient (Wildman–Crippen LogP) is 2.08. The van der Waals surface area contributed by atoms with Crippen molar-refractivity contribution in [3.05, 3.63) is 45.0 Å². The fourth-order valence-corrected chi connectivity index (χ4v) is 2.14. The van der Waals surface area contributed by atoms with Crippen molar-refractivity contribution in [3.63, 3.8) is 0 Å². The van der Waals surface area contributed by atoms with E-state index in [0.717, 1.165) is 5.01 Å². The van der Waals surface area contributed by atoms with Crippen molar-refractivity contribution in [3.8, 4) is 0 Å². The molecule has 2 aromatic rings. The van der Waals surface area contributed by atoms with E-state index in [0.29, 0.717) is 17.1 Å². The first-order chi connectivity index (χ1) is 8.20. The van der Waals surface area contributed by atoms with Crippen LogP contribution >= 0.6 is 11.3 Å². The van der Waals surface area contributed by atoms with Gasteiger partial charge in [-0.2, -0.15) is 0 Å². The summed E-state index contributed by atoms with van der Waals surface area (Å²) in [6.45, 7) is 0. The Kier molecular flexibility index (Phi) is 3.29. The molecule has 0 amide bonds. The lowest BCUT2D eigenvalue weighted by atomic mass is 10.1. The van der Waals surface area contributed by atoms with Gasteiger partial charge in [-0.05, 0) is 0 Å². The van der Waals surface area contributed by atoms with E-state index in [2.05, 4.69) is 15.5 Å². The van der Waals surface area contributed by atoms with Gasteiger partial charge in [-0.25, -0.2) is 0 Å². The second-order valence-corrected chi connectivity index (χ2v) is 4.38. The Balaban J connectivity index is 2.26. The third kappa shape index (κ3) is 2.56. The van der Waals surface area contributed by atoms with Crippen molar-refractivity contribution >= 4 is 22.2 Å². The van der Waals surface area contributed by atoms with Gasteiger partial charge < -0.3 is 5.32 Å². The second kappa shape index (κ2) is 4.88. The van der Waals surface area contributed by atoms with Crippen LogP contribution in [0.5, 0.6) is 0 Å². The van der Waals surface area contributed by atoms with Gasteiger partial charge in [0.15, 0.2) is 0 Å². The van der Waals surface area contributed by atoms with Crippen molar-refractivity contribution < 1.29 is 4.92 Å². The molecular weight excluding hydrogens is 240 g/mol. The molecule has 88 valence electrons. The SMILES string of the molecule is CNc1nnc(Cc2ccccc2[N+](=O)[O-])s1. The zero-order valence-corrected chi connectivity index (χ0v) is 9.90. The Morgan fingerprint density at radius 1 is 1.41 bits per heavy atom. The molecule has 2 rings (SSSR count). The van der Waals surface area contributed by atoms with Crippen molar-refractivity contribution in [1.29, 1.82) is 0 Å². The van der Waals surface area contributed by atoms with Crippen LogP contribution in [0.1, 0.15) is 10.6 Å². The van der Waals surface area contributed by atoms with Crippen molar-refractivity contribution in [2.45, 2.75) is 6.42 Å². The van der Waals surface area contributed by atoms with Crippen LogP contribution in [0.25, 0.3) is 0 Å². The monoisotopic (exact) mass is 250 g/mol. The maximum absolute atomic E-state index is 10.8. The number of nitro benzene ring substituents is 1. The minimum Gasteiger partial charge on any atom is -0.363 e. The number of rotatable bonds is 4. The Morgan fingerprint density at radius 2 is 2.18 bits per heavy atom. The van der Waals surface area contributed by atoms with E-state index in [1.807, 2.05) is 0 Å². The highest BCUT2D eigenvalue weighted by Gasteiger charge is 2.14. The van der Waals surface area contributed by atoms with Gasteiger partial charge in [0, 0.05) is 25.1 Å². The highest BCUT2D eigenvalue weighted by molar-refractivity contribution is 7.15. The third-order valence-corrected chi connectivity index (χ3v) is 3.15. The molecule has 0 aliphatic rings. The van der Waals surface area contributed by atoms with E-state index in [1.165, 1.54) is 17.4 Å². The largest absolute Gasteiger partial charge is 0.363 e. The topological polar surface area (TPSA) is 81.0 Å². The number of aromatic nitrogens is 2. The van der Waals surface area contributed by atoms with Gasteiger partial charge in [-0.1, -0.05) is 29.5 Å². The summed E-state index contributed by atoms with van der Waals surface area (Å²) in [5, 5.41) is 23.0. The molecule has 0 bridgehead atoms. The molecule has 17 heavy (non-hydrogen) atoms. The predicted molar refractivity (Wildman–Crippen MR) is 65.4 cm³/mol. The van der Waals surface area contributed by atoms with Gasteiger partial charge in [0.2, 0.25) is 5.13 Å². The van der Waals surface area contributed by atoms with Gasteiger partial charge in [0.1, 0.15) is 5.01 Å². The first-order valence-electron chi connectivity index (χ1n) is 4.93. The summed E-state index contributed by atoms with van der Waals surface area (Å²) in [7, 11) is 1.76. The van der Waals surface area contributed by atoms with Gasteiger partial charge in [-0.15, -0.1) is 10.2 Å². The molecule has 0 saturated carbocycles. The molecule has 0 saturated heterocycles. The maximum atomic E-state index is 10.8. The van der Waals surface area contributed by atoms with Gasteiger partial charge in [0.25, 0.3) is 5.69 Å². The summed E-state index contributed by atoms with van der Waals surface area (Å²) in [5.74, 6) is 0. The molecule has 7 heteroatoms. The molecule has 0 spiro atoms. The zero-order chi connectivity index (χ0) is 12.3. The Morgan fingerprint density at radius 3 is 2.82 bits per heavy atom. The highest BCUT2D eigenvalue weighted by Crippen LogP contribution is 2.23. The Hall–Kier alpha value is -2.02. The molecule has 1 N–H and O–H groups in total. The first kappa shape index (κ1) is 11.5. The summed E-state index contributed by atoms with van der Waals surface area (Å²) in [6.07, 6.45) is 0.427. The quantitative estimate of drug-likeness (QED) is 0.663. The van der Waals surface area contributed by atoms with Crippen LogP contribution in [-0.2, 0) is 6.42 Å². The van der Waals surface area contributed by atoms with Crippen LogP contribution in [-0.4, -0.2) is 22.2 Å². The Bertz CT molecular complexity index is 541. The van der Waals surface area contributed by atoms with E-state index in [-0.39, 0.29) is 10.6 Å². The minimum atomic E-state index is -0.380. The summed E-state index contributed by atoms with van der Waals surface area (Å²) in [5.41, 5.74) is 0.769. The molecule has 1 heterocycles. The molecule has 0 unspecified atom stereocenters. The molecule has 1 aromatic carbocycles. The van der Waals surface area contributed by atoms with Crippen molar-refractivity contribution in [2.75, 3.05) is 12.4 Å². The number of para-hydroxylation sites is 1. The minimum absolute atomic E-state index is 0.119. The van der Waals surface area contributed by atoms with Crippen LogP contribution < -0.4 is 5.32 Å². The molecule has 0 aliphatic carbocycles. The molecule has 0 fully saturated rings. The molecule has 0 radical (unpaired) electrons. The lowest BCUT2D eigenvalue weighted by Crippen LogP contribution is -1.96. The van der Waals surface area contributed by atoms with Crippen molar-refractivity contribution in [2.24, 2.45) is 0 Å². The van der Waals surface area contributed by atoms with E-state index in [9.17, 15) is 10.1 Å². The fourth-order valence-electron chi connectivity index (χ4n) is 1.43. The summed E-state index contributed by atoms with van der Waals surface area (Å²) in [4.78, 5) is 10.5. The number of nitrogens with zero attached hydrogens (tertiary/aromatic N) is 3. The number of nitrogens with one attached hydrogen (secondary N) is 1. The summed E-state index contributed by atoms with van der Waals surface area (Å²) in [6, 6.07) is 6.66. The molecule has 0 aliphatic heterocycles. The molecular formula is C10H10N4O2S. The molecule has 0 atom stereocenters. The van der Waals surface area contributed by atoms with E-state index in [1.54, 1.807) is 25.2 Å². The summed E-state index contributed by atoms with van der Waals surface area (Å²) < 4.78 is 0. The highest BCUT2D eigenvalue weighted by atomic mass is 32.1. The average Bonchev–Trinajstić information content (AvgIpc) is 2.77. The van der Waals surface area contributed by atoms with E-state index in [4.69, 9.17) is 0 Å². The van der Waals surface area contributed by atoms with Crippen LogP contribution in [0.15, 0.2) is 24.3 Å². The average molecular weight is 250 g/mol. The van der Waals surface area contributed by atoms with Gasteiger partial charge in [0.05, 0.1) is 4.92 Å². The van der Waals surface area contributed by atoms with Crippen LogP contribution in [0, 0.1) is 10.1 Å². The van der Waals surface area contributed by atoms with E-state index < -0.39 is 0 Å². The first-order valence-corrected chi connectivity index (χ1v) is 5.75. The van der Waals surface area contributed by atoms with Crippen LogP contribution in [0.4, 0.5) is 10.8 Å². The lowest BCUT2D eigenvalue weighted by Gasteiger charge is -1.99. The van der Waals surface area contributed by atoms with Crippen LogP contribution in [0.3, 0.4) is 0 Å². The third-order valence-electron chi connectivity index (χ3n) is 2.21. The van der Waals surface area contributed by atoms with Gasteiger partial charge >= 0.3 is 0 Å². The number of nitro groups is 1. The number of hydrogen-bond acceptors (Lipinski definition) is 6.